The van der Waals surface area contributed by atoms with E-state index in [-0.39, 0.29) is 12.3 Å². The molecule has 5 nitrogen and oxygen atoms in total. The zero-order valence-electron chi connectivity index (χ0n) is 15.3. The number of amides is 1. The first-order valence-electron chi connectivity index (χ1n) is 9.01. The van der Waals surface area contributed by atoms with Gasteiger partial charge in [-0.05, 0) is 24.1 Å². The molecule has 6 heteroatoms. The molecule has 1 N–H and O–H groups in total. The Morgan fingerprint density at radius 3 is 2.75 bits per heavy atom. The minimum Gasteiger partial charge on any atom is -0.325 e. The van der Waals surface area contributed by atoms with Crippen molar-refractivity contribution in [2.75, 3.05) is 5.32 Å². The first-order chi connectivity index (χ1) is 13.7. The minimum atomic E-state index is -0.162. The van der Waals surface area contributed by atoms with Crippen LogP contribution in [0.4, 0.5) is 5.69 Å². The van der Waals surface area contributed by atoms with E-state index in [9.17, 15) is 4.79 Å². The summed E-state index contributed by atoms with van der Waals surface area (Å²) >= 11 is 1.51. The number of carbonyl (C=O) groups excluding carboxylic acids is 1. The largest absolute Gasteiger partial charge is 0.325 e. The summed E-state index contributed by atoms with van der Waals surface area (Å²) in [6, 6.07) is 17.5. The lowest BCUT2D eigenvalue weighted by atomic mass is 10.1. The standard InChI is InChI=1S/C22H18N4OS/c1-2-15-7-9-16(10-8-15)20-13-26-18(14-28-22(26)25-20)11-21(27)24-19-6-4-3-5-17(19)12-23/h3-10,13-14H,2,11H2,1H3,(H,24,27). The SMILES string of the molecule is CCc1ccc(-c2cn3c(CC(=O)Nc4ccccc4C#N)csc3n2)cc1. The van der Waals surface area contributed by atoms with E-state index in [4.69, 9.17) is 5.26 Å². The number of nitriles is 1. The van der Waals surface area contributed by atoms with Gasteiger partial charge in [0.2, 0.25) is 5.91 Å². The van der Waals surface area contributed by atoms with Gasteiger partial charge in [-0.1, -0.05) is 43.3 Å². The molecule has 0 atom stereocenters. The van der Waals surface area contributed by atoms with Gasteiger partial charge in [0.25, 0.3) is 0 Å². The molecule has 0 radical (unpaired) electrons. The Kier molecular flexibility index (Phi) is 4.92. The molecule has 0 saturated heterocycles. The Bertz CT molecular complexity index is 1180. The van der Waals surface area contributed by atoms with Crippen LogP contribution in [0.5, 0.6) is 0 Å². The van der Waals surface area contributed by atoms with Crippen LogP contribution in [0.2, 0.25) is 0 Å². The summed E-state index contributed by atoms with van der Waals surface area (Å²) in [5.41, 5.74) is 5.10. The molecule has 4 aromatic rings. The third-order valence-electron chi connectivity index (χ3n) is 4.60. The molecule has 2 aromatic carbocycles. The summed E-state index contributed by atoms with van der Waals surface area (Å²) in [5.74, 6) is -0.162. The number of rotatable bonds is 5. The van der Waals surface area contributed by atoms with Crippen LogP contribution in [-0.2, 0) is 17.6 Å². The van der Waals surface area contributed by atoms with Crippen LogP contribution in [0.15, 0.2) is 60.1 Å². The number of nitrogens with one attached hydrogen (secondary N) is 1. The molecule has 0 aliphatic rings. The van der Waals surface area contributed by atoms with E-state index in [0.717, 1.165) is 28.3 Å². The van der Waals surface area contributed by atoms with Crippen molar-refractivity contribution in [3.63, 3.8) is 0 Å². The van der Waals surface area contributed by atoms with Crippen LogP contribution >= 0.6 is 11.3 Å². The Morgan fingerprint density at radius 1 is 1.21 bits per heavy atom. The minimum absolute atomic E-state index is 0.162. The van der Waals surface area contributed by atoms with Crippen molar-refractivity contribution >= 4 is 27.9 Å². The highest BCUT2D eigenvalue weighted by Gasteiger charge is 2.13. The quantitative estimate of drug-likeness (QED) is 0.541. The Labute approximate surface area is 166 Å². The summed E-state index contributed by atoms with van der Waals surface area (Å²) < 4.78 is 1.96. The highest BCUT2D eigenvalue weighted by atomic mass is 32.1. The molecule has 0 unspecified atom stereocenters. The summed E-state index contributed by atoms with van der Waals surface area (Å²) in [5, 5.41) is 13.9. The maximum absolute atomic E-state index is 12.5. The Hall–Kier alpha value is -3.43. The van der Waals surface area contributed by atoms with Crippen molar-refractivity contribution in [1.29, 1.82) is 5.26 Å². The van der Waals surface area contributed by atoms with Crippen LogP contribution in [0.3, 0.4) is 0 Å². The van der Waals surface area contributed by atoms with Gasteiger partial charge in [-0.15, -0.1) is 11.3 Å². The van der Waals surface area contributed by atoms with Crippen molar-refractivity contribution in [3.05, 3.63) is 76.9 Å². The van der Waals surface area contributed by atoms with Gasteiger partial charge in [0.05, 0.1) is 23.4 Å². The third-order valence-corrected chi connectivity index (χ3v) is 5.49. The van der Waals surface area contributed by atoms with Crippen LogP contribution < -0.4 is 5.32 Å². The molecule has 0 bridgehead atoms. The average Bonchev–Trinajstić information content (AvgIpc) is 3.30. The number of anilines is 1. The van der Waals surface area contributed by atoms with Gasteiger partial charge in [-0.2, -0.15) is 5.26 Å². The molecule has 0 aliphatic carbocycles. The molecule has 138 valence electrons. The second kappa shape index (κ2) is 7.67. The van der Waals surface area contributed by atoms with Crippen molar-refractivity contribution < 1.29 is 4.79 Å². The lowest BCUT2D eigenvalue weighted by molar-refractivity contribution is -0.115. The van der Waals surface area contributed by atoms with Crippen LogP contribution in [-0.4, -0.2) is 15.3 Å². The fraction of sp³-hybridized carbons (Fsp3) is 0.136. The number of thiazole rings is 1. The first-order valence-corrected chi connectivity index (χ1v) is 9.89. The molecule has 0 fully saturated rings. The Balaban J connectivity index is 1.55. The predicted molar refractivity (Wildman–Crippen MR) is 111 cm³/mol. The first kappa shape index (κ1) is 18.0. The Morgan fingerprint density at radius 2 is 2.00 bits per heavy atom. The van der Waals surface area contributed by atoms with Gasteiger partial charge < -0.3 is 5.32 Å². The zero-order valence-corrected chi connectivity index (χ0v) is 16.2. The molecule has 0 spiro atoms. The topological polar surface area (TPSA) is 70.2 Å². The van der Waals surface area contributed by atoms with Gasteiger partial charge in [-0.3, -0.25) is 9.20 Å². The van der Waals surface area contributed by atoms with Crippen LogP contribution in [0.25, 0.3) is 16.2 Å². The number of aromatic nitrogens is 2. The van der Waals surface area contributed by atoms with Crippen molar-refractivity contribution in [2.24, 2.45) is 0 Å². The highest BCUT2D eigenvalue weighted by Crippen LogP contribution is 2.24. The van der Waals surface area contributed by atoms with Crippen LogP contribution in [0, 0.1) is 11.3 Å². The van der Waals surface area contributed by atoms with Crippen molar-refractivity contribution in [1.82, 2.24) is 9.38 Å². The molecule has 28 heavy (non-hydrogen) atoms. The van der Waals surface area contributed by atoms with Gasteiger partial charge in [-0.25, -0.2) is 4.98 Å². The van der Waals surface area contributed by atoms with Gasteiger partial charge in [0, 0.05) is 22.8 Å². The summed E-state index contributed by atoms with van der Waals surface area (Å²) in [7, 11) is 0. The molecule has 1 amide bonds. The number of imidazole rings is 1. The molecule has 2 heterocycles. The fourth-order valence-electron chi connectivity index (χ4n) is 3.06. The fourth-order valence-corrected chi connectivity index (χ4v) is 3.93. The van der Waals surface area contributed by atoms with E-state index in [0.29, 0.717) is 11.3 Å². The molecular formula is C22H18N4OS. The average molecular weight is 386 g/mol. The lowest BCUT2D eigenvalue weighted by Crippen LogP contribution is -2.16. The number of carbonyl (C=O) groups is 1. The summed E-state index contributed by atoms with van der Waals surface area (Å²) in [6.45, 7) is 2.13. The molecular weight excluding hydrogens is 368 g/mol. The van der Waals surface area contributed by atoms with E-state index < -0.39 is 0 Å². The molecule has 0 aliphatic heterocycles. The second-order valence-electron chi connectivity index (χ2n) is 6.44. The number of hydrogen-bond acceptors (Lipinski definition) is 4. The normalized spacial score (nSPS) is 10.7. The van der Waals surface area contributed by atoms with Gasteiger partial charge in [0.15, 0.2) is 4.96 Å². The maximum Gasteiger partial charge on any atom is 0.230 e. The van der Waals surface area contributed by atoms with Gasteiger partial charge in [0.1, 0.15) is 6.07 Å². The highest BCUT2D eigenvalue weighted by molar-refractivity contribution is 7.15. The van der Waals surface area contributed by atoms with Crippen molar-refractivity contribution in [2.45, 2.75) is 19.8 Å². The molecule has 4 rings (SSSR count). The smallest absolute Gasteiger partial charge is 0.230 e. The summed E-state index contributed by atoms with van der Waals surface area (Å²) in [6.07, 6.45) is 3.19. The zero-order chi connectivity index (χ0) is 19.5. The number of para-hydroxylation sites is 1. The van der Waals surface area contributed by atoms with Crippen LogP contribution in [0.1, 0.15) is 23.7 Å². The maximum atomic E-state index is 12.5. The number of aryl methyl sites for hydroxylation is 1. The second-order valence-corrected chi connectivity index (χ2v) is 7.28. The number of nitrogens with zero attached hydrogens (tertiary/aromatic N) is 3. The number of fused-ring (bicyclic) bond motifs is 1. The predicted octanol–water partition coefficient (Wildman–Crippen LogP) is 4.68. The number of benzene rings is 2. The monoisotopic (exact) mass is 386 g/mol. The number of hydrogen-bond donors (Lipinski definition) is 1. The van der Waals surface area contributed by atoms with E-state index in [1.165, 1.54) is 16.9 Å². The summed E-state index contributed by atoms with van der Waals surface area (Å²) in [4.78, 5) is 18.0. The lowest BCUT2D eigenvalue weighted by Gasteiger charge is -2.06. The van der Waals surface area contributed by atoms with Crippen molar-refractivity contribution in [3.8, 4) is 17.3 Å². The third kappa shape index (κ3) is 3.53. The van der Waals surface area contributed by atoms with E-state index in [2.05, 4.69) is 47.6 Å². The van der Waals surface area contributed by atoms with Gasteiger partial charge >= 0.3 is 0 Å². The van der Waals surface area contributed by atoms with E-state index >= 15 is 0 Å². The van der Waals surface area contributed by atoms with E-state index in [1.54, 1.807) is 24.3 Å². The van der Waals surface area contributed by atoms with E-state index in [1.807, 2.05) is 16.0 Å². The molecule has 0 saturated carbocycles. The molecule has 2 aromatic heterocycles.